The maximum Gasteiger partial charge on any atom is 0.335 e. The summed E-state index contributed by atoms with van der Waals surface area (Å²) in [7, 11) is 0. The molecule has 0 saturated heterocycles. The quantitative estimate of drug-likeness (QED) is 0.418. The summed E-state index contributed by atoms with van der Waals surface area (Å²) >= 11 is 0. The summed E-state index contributed by atoms with van der Waals surface area (Å²) in [4.78, 5) is 30.7. The number of hydrogen-bond acceptors (Lipinski definition) is 3. The Bertz CT molecular complexity index is 1340. The number of carboxylic acid groups (broad SMARTS) is 1. The predicted octanol–water partition coefficient (Wildman–Crippen LogP) is 5.61. The van der Waals surface area contributed by atoms with E-state index >= 15 is 0 Å². The van der Waals surface area contributed by atoms with Crippen LogP contribution in [0.15, 0.2) is 79.0 Å². The molecule has 0 fully saturated rings. The average molecular weight is 446 g/mol. The van der Waals surface area contributed by atoms with Crippen molar-refractivity contribution in [2.45, 2.75) is 19.5 Å². The van der Waals surface area contributed by atoms with Gasteiger partial charge in [0.2, 0.25) is 0 Å². The van der Waals surface area contributed by atoms with Crippen LogP contribution in [0.3, 0.4) is 0 Å². The summed E-state index contributed by atoms with van der Waals surface area (Å²) in [6.45, 7) is 1.57. The van der Waals surface area contributed by atoms with Crippen molar-refractivity contribution in [1.29, 1.82) is 0 Å². The Balaban J connectivity index is 1.76. The number of pyridine rings is 1. The third-order valence-electron chi connectivity index (χ3n) is 5.55. The number of nitrogens with zero attached hydrogens (tertiary/aromatic N) is 2. The van der Waals surface area contributed by atoms with Gasteiger partial charge in [-0.15, -0.1) is 0 Å². The fraction of sp³-hybridized carbons (Fsp3) is 0.115. The Labute approximate surface area is 188 Å². The van der Waals surface area contributed by atoms with Crippen LogP contribution in [0.4, 0.5) is 8.78 Å². The monoisotopic (exact) mass is 446 g/mol. The summed E-state index contributed by atoms with van der Waals surface area (Å²) in [5.41, 5.74) is 1.66. The first-order chi connectivity index (χ1) is 15.8. The van der Waals surface area contributed by atoms with Gasteiger partial charge in [-0.2, -0.15) is 0 Å². The van der Waals surface area contributed by atoms with Crippen molar-refractivity contribution in [1.82, 2.24) is 9.88 Å². The Morgan fingerprint density at radius 1 is 0.970 bits per heavy atom. The SMILES string of the molecule is C[C@H](c1ccc(F)cc1)N(Cc1cc(C(=O)O)ccc1F)C(=O)c1cnc2ccccc2c1. The van der Waals surface area contributed by atoms with Gasteiger partial charge < -0.3 is 10.0 Å². The van der Waals surface area contributed by atoms with Gasteiger partial charge in [0.15, 0.2) is 0 Å². The largest absolute Gasteiger partial charge is 0.478 e. The lowest BCUT2D eigenvalue weighted by Gasteiger charge is -2.30. The second kappa shape index (κ2) is 9.16. The smallest absolute Gasteiger partial charge is 0.335 e. The third-order valence-corrected chi connectivity index (χ3v) is 5.55. The van der Waals surface area contributed by atoms with E-state index < -0.39 is 29.6 Å². The lowest BCUT2D eigenvalue weighted by Crippen LogP contribution is -2.33. The predicted molar refractivity (Wildman–Crippen MR) is 120 cm³/mol. The molecular formula is C26H20F2N2O3. The van der Waals surface area contributed by atoms with E-state index in [1.807, 2.05) is 24.3 Å². The van der Waals surface area contributed by atoms with Gasteiger partial charge in [-0.3, -0.25) is 9.78 Å². The number of aromatic carboxylic acids is 1. The van der Waals surface area contributed by atoms with E-state index in [9.17, 15) is 23.5 Å². The summed E-state index contributed by atoms with van der Waals surface area (Å²) in [6, 6.07) is 17.7. The highest BCUT2D eigenvalue weighted by molar-refractivity contribution is 5.97. The van der Waals surface area contributed by atoms with Crippen LogP contribution in [0.5, 0.6) is 0 Å². The van der Waals surface area contributed by atoms with Crippen LogP contribution in [-0.4, -0.2) is 26.9 Å². The Morgan fingerprint density at radius 3 is 2.42 bits per heavy atom. The standard InChI is InChI=1S/C26H20F2N2O3/c1-16(17-6-9-22(27)10-7-17)30(15-21-13-19(26(32)33)8-11-23(21)28)25(31)20-12-18-4-2-3-5-24(18)29-14-20/h2-14,16H,15H2,1H3,(H,32,33)/t16-/m1/s1. The first-order valence-electron chi connectivity index (χ1n) is 10.3. The van der Waals surface area contributed by atoms with Crippen molar-refractivity contribution >= 4 is 22.8 Å². The number of fused-ring (bicyclic) bond motifs is 1. The van der Waals surface area contributed by atoms with Crippen molar-refractivity contribution < 1.29 is 23.5 Å². The van der Waals surface area contributed by atoms with Gasteiger partial charge in [0.25, 0.3) is 5.91 Å². The second-order valence-corrected chi connectivity index (χ2v) is 7.69. The van der Waals surface area contributed by atoms with Crippen molar-refractivity contribution in [3.8, 4) is 0 Å². The summed E-state index contributed by atoms with van der Waals surface area (Å²) in [5, 5.41) is 10.1. The number of rotatable bonds is 6. The third kappa shape index (κ3) is 4.72. The zero-order valence-corrected chi connectivity index (χ0v) is 17.7. The summed E-state index contributed by atoms with van der Waals surface area (Å²) < 4.78 is 28.0. The number of hydrogen-bond donors (Lipinski definition) is 1. The van der Waals surface area contributed by atoms with Crippen molar-refractivity contribution in [2.24, 2.45) is 0 Å². The number of carboxylic acids is 1. The molecule has 7 heteroatoms. The van der Waals surface area contributed by atoms with Crippen molar-refractivity contribution in [3.63, 3.8) is 0 Å². The highest BCUT2D eigenvalue weighted by Crippen LogP contribution is 2.27. The molecule has 4 aromatic rings. The Morgan fingerprint density at radius 2 is 1.70 bits per heavy atom. The highest BCUT2D eigenvalue weighted by Gasteiger charge is 2.25. The zero-order chi connectivity index (χ0) is 23.5. The van der Waals surface area contributed by atoms with Crippen LogP contribution in [0.2, 0.25) is 0 Å². The van der Waals surface area contributed by atoms with Crippen LogP contribution < -0.4 is 0 Å². The van der Waals surface area contributed by atoms with E-state index in [2.05, 4.69) is 4.98 Å². The molecular weight excluding hydrogens is 426 g/mol. The number of para-hydroxylation sites is 1. The van der Waals surface area contributed by atoms with E-state index in [4.69, 9.17) is 0 Å². The topological polar surface area (TPSA) is 70.5 Å². The maximum atomic E-state index is 14.6. The number of benzene rings is 3. The number of aromatic nitrogens is 1. The highest BCUT2D eigenvalue weighted by atomic mass is 19.1. The molecule has 1 N–H and O–H groups in total. The van der Waals surface area contributed by atoms with Gasteiger partial charge in [0.1, 0.15) is 11.6 Å². The second-order valence-electron chi connectivity index (χ2n) is 7.69. The van der Waals surface area contributed by atoms with Gasteiger partial charge >= 0.3 is 5.97 Å². The number of carbonyl (C=O) groups excluding carboxylic acids is 1. The Kier molecular flexibility index (Phi) is 6.13. The molecule has 0 aliphatic rings. The van der Waals surface area contributed by atoms with E-state index in [1.165, 1.54) is 35.4 Å². The zero-order valence-electron chi connectivity index (χ0n) is 17.7. The molecule has 0 bridgehead atoms. The normalized spacial score (nSPS) is 11.8. The first kappa shape index (κ1) is 22.1. The molecule has 166 valence electrons. The molecule has 1 aromatic heterocycles. The van der Waals surface area contributed by atoms with Crippen LogP contribution in [0, 0.1) is 11.6 Å². The molecule has 1 amide bonds. The Hall–Kier alpha value is -4.13. The van der Waals surface area contributed by atoms with Gasteiger partial charge in [0.05, 0.1) is 22.7 Å². The molecule has 5 nitrogen and oxygen atoms in total. The van der Waals surface area contributed by atoms with E-state index in [0.717, 1.165) is 17.0 Å². The number of amides is 1. The molecule has 4 rings (SSSR count). The number of halogens is 2. The van der Waals surface area contributed by atoms with Crippen LogP contribution >= 0.6 is 0 Å². The lowest BCUT2D eigenvalue weighted by atomic mass is 10.0. The molecule has 0 aliphatic carbocycles. The average Bonchev–Trinajstić information content (AvgIpc) is 2.82. The van der Waals surface area contributed by atoms with E-state index in [1.54, 1.807) is 25.1 Å². The van der Waals surface area contributed by atoms with Gasteiger partial charge in [-0.25, -0.2) is 13.6 Å². The van der Waals surface area contributed by atoms with Crippen LogP contribution in [0.25, 0.3) is 10.9 Å². The van der Waals surface area contributed by atoms with Gasteiger partial charge in [-0.1, -0.05) is 30.3 Å². The molecule has 0 saturated carbocycles. The molecule has 33 heavy (non-hydrogen) atoms. The molecule has 0 radical (unpaired) electrons. The molecule has 0 spiro atoms. The number of carbonyl (C=O) groups is 2. The molecule has 0 aliphatic heterocycles. The van der Waals surface area contributed by atoms with Crippen molar-refractivity contribution in [2.75, 3.05) is 0 Å². The summed E-state index contributed by atoms with van der Waals surface area (Å²) in [5.74, 6) is -2.65. The first-order valence-corrected chi connectivity index (χ1v) is 10.3. The maximum absolute atomic E-state index is 14.6. The van der Waals surface area contributed by atoms with Crippen LogP contribution in [-0.2, 0) is 6.54 Å². The van der Waals surface area contributed by atoms with Crippen molar-refractivity contribution in [3.05, 3.63) is 113 Å². The molecule has 0 unspecified atom stereocenters. The minimum atomic E-state index is -1.19. The van der Waals surface area contributed by atoms with E-state index in [-0.39, 0.29) is 17.7 Å². The fourth-order valence-corrected chi connectivity index (χ4v) is 3.67. The minimum absolute atomic E-state index is 0.0611. The summed E-state index contributed by atoms with van der Waals surface area (Å²) in [6.07, 6.45) is 1.46. The van der Waals surface area contributed by atoms with Gasteiger partial charge in [-0.05, 0) is 55.0 Å². The fourth-order valence-electron chi connectivity index (χ4n) is 3.67. The molecule has 1 heterocycles. The lowest BCUT2D eigenvalue weighted by molar-refractivity contribution is 0.0671. The minimum Gasteiger partial charge on any atom is -0.478 e. The molecule has 3 aromatic carbocycles. The van der Waals surface area contributed by atoms with E-state index in [0.29, 0.717) is 11.1 Å². The molecule has 1 atom stereocenters. The van der Waals surface area contributed by atoms with Gasteiger partial charge in [0, 0.05) is 23.7 Å². The van der Waals surface area contributed by atoms with Crippen LogP contribution in [0.1, 0.15) is 44.8 Å².